The van der Waals surface area contributed by atoms with Gasteiger partial charge in [0.05, 0.1) is 13.7 Å². The minimum Gasteiger partial charge on any atom is -0.480 e. The Kier molecular flexibility index (Phi) is 5.27. The Morgan fingerprint density at radius 1 is 1.22 bits per heavy atom. The molecule has 0 unspecified atom stereocenters. The first-order valence-corrected chi connectivity index (χ1v) is 9.64. The molecule has 1 aromatic carbocycles. The van der Waals surface area contributed by atoms with E-state index in [0.717, 1.165) is 10.3 Å². The number of urea groups is 1. The van der Waals surface area contributed by atoms with Gasteiger partial charge in [-0.2, -0.15) is 0 Å². The van der Waals surface area contributed by atoms with Gasteiger partial charge >= 0.3 is 18.0 Å². The lowest BCUT2D eigenvalue weighted by Gasteiger charge is -2.09. The van der Waals surface area contributed by atoms with Gasteiger partial charge in [-0.3, -0.25) is 9.69 Å². The molecule has 0 spiro atoms. The third-order valence-electron chi connectivity index (χ3n) is 5.17. The van der Waals surface area contributed by atoms with E-state index in [0.29, 0.717) is 11.1 Å². The normalized spacial score (nSPS) is 15.9. The number of imide groups is 1. The number of carboxylic acid groups (broad SMARTS) is 1. The highest BCUT2D eigenvalue weighted by Crippen LogP contribution is 2.28. The number of furan rings is 1. The third kappa shape index (κ3) is 3.62. The van der Waals surface area contributed by atoms with Crippen LogP contribution in [0.15, 0.2) is 52.7 Å². The Hall–Kier alpha value is -4.34. The van der Waals surface area contributed by atoms with E-state index in [1.807, 2.05) is 6.07 Å². The van der Waals surface area contributed by atoms with Crippen molar-refractivity contribution in [3.8, 4) is 0 Å². The summed E-state index contributed by atoms with van der Waals surface area (Å²) in [6.07, 6.45) is 3.14. The van der Waals surface area contributed by atoms with Crippen LogP contribution in [-0.4, -0.2) is 45.6 Å². The van der Waals surface area contributed by atoms with Gasteiger partial charge in [0.2, 0.25) is 5.76 Å². The fourth-order valence-corrected chi connectivity index (χ4v) is 3.49. The molecule has 2 aromatic heterocycles. The van der Waals surface area contributed by atoms with Crippen molar-refractivity contribution in [3.05, 3.63) is 65.4 Å². The molecule has 0 aliphatic carbocycles. The number of para-hydroxylation sites is 1. The number of methoxy groups -OCH3 is 1. The molecular formula is C22H19N3O7. The van der Waals surface area contributed by atoms with Gasteiger partial charge in [-0.1, -0.05) is 18.2 Å². The van der Waals surface area contributed by atoms with E-state index in [4.69, 9.17) is 4.42 Å². The zero-order chi connectivity index (χ0) is 23.0. The number of benzene rings is 1. The number of esters is 1. The molecule has 3 amide bonds. The van der Waals surface area contributed by atoms with Crippen molar-refractivity contribution in [2.75, 3.05) is 7.11 Å². The molecule has 1 fully saturated rings. The smallest absolute Gasteiger partial charge is 0.373 e. The number of hydrogen-bond acceptors (Lipinski definition) is 6. The minimum absolute atomic E-state index is 0.0364. The maximum Gasteiger partial charge on any atom is 0.373 e. The van der Waals surface area contributed by atoms with Crippen LogP contribution in [0.1, 0.15) is 34.8 Å². The number of amides is 3. The van der Waals surface area contributed by atoms with E-state index < -0.39 is 29.9 Å². The van der Waals surface area contributed by atoms with Gasteiger partial charge in [0, 0.05) is 22.7 Å². The standard InChI is InChI=1S/C22H19N3O7/c1-12(20(27)28)24-10-13(15-5-3-4-6-17(15)24)9-16-19(26)25(22(30)23-16)11-14-7-8-18(32-14)21(29)31-2/h3-10,12H,11H2,1-2H3,(H,23,30)(H,27,28)/b16-9-/t12-/m0/s1. The molecule has 164 valence electrons. The first-order valence-electron chi connectivity index (χ1n) is 9.64. The van der Waals surface area contributed by atoms with Gasteiger partial charge in [0.25, 0.3) is 5.91 Å². The molecule has 0 bridgehead atoms. The molecule has 0 radical (unpaired) electrons. The Morgan fingerprint density at radius 2 is 1.97 bits per heavy atom. The summed E-state index contributed by atoms with van der Waals surface area (Å²) >= 11 is 0. The lowest BCUT2D eigenvalue weighted by atomic mass is 10.1. The summed E-state index contributed by atoms with van der Waals surface area (Å²) in [6, 6.07) is 8.61. The minimum atomic E-state index is -0.994. The maximum atomic E-state index is 12.8. The Balaban J connectivity index is 1.63. The van der Waals surface area contributed by atoms with Crippen molar-refractivity contribution in [2.45, 2.75) is 19.5 Å². The predicted molar refractivity (Wildman–Crippen MR) is 111 cm³/mol. The first kappa shape index (κ1) is 20.9. The number of carbonyl (C=O) groups is 4. The highest BCUT2D eigenvalue weighted by Gasteiger charge is 2.34. The number of rotatable bonds is 6. The number of nitrogens with zero attached hydrogens (tertiary/aromatic N) is 2. The number of nitrogens with one attached hydrogen (secondary N) is 1. The highest BCUT2D eigenvalue weighted by molar-refractivity contribution is 6.14. The molecule has 3 aromatic rings. The predicted octanol–water partition coefficient (Wildman–Crippen LogP) is 2.76. The monoisotopic (exact) mass is 437 g/mol. The van der Waals surface area contributed by atoms with E-state index in [9.17, 15) is 24.3 Å². The lowest BCUT2D eigenvalue weighted by molar-refractivity contribution is -0.140. The van der Waals surface area contributed by atoms with Gasteiger partial charge < -0.3 is 24.1 Å². The second kappa shape index (κ2) is 8.06. The molecule has 10 nitrogen and oxygen atoms in total. The molecule has 0 saturated carbocycles. The van der Waals surface area contributed by atoms with Crippen LogP contribution in [0.4, 0.5) is 4.79 Å². The summed E-state index contributed by atoms with van der Waals surface area (Å²) in [6.45, 7) is 1.39. The van der Waals surface area contributed by atoms with Crippen LogP contribution >= 0.6 is 0 Å². The van der Waals surface area contributed by atoms with Crippen molar-refractivity contribution >= 4 is 40.9 Å². The highest BCUT2D eigenvalue weighted by atomic mass is 16.5. The average Bonchev–Trinajstić information content (AvgIpc) is 3.46. The van der Waals surface area contributed by atoms with Crippen LogP contribution in [-0.2, 0) is 20.9 Å². The zero-order valence-electron chi connectivity index (χ0n) is 17.2. The van der Waals surface area contributed by atoms with Crippen LogP contribution in [0, 0.1) is 0 Å². The Morgan fingerprint density at radius 3 is 2.69 bits per heavy atom. The number of fused-ring (bicyclic) bond motifs is 1. The molecule has 32 heavy (non-hydrogen) atoms. The van der Waals surface area contributed by atoms with Gasteiger partial charge in [-0.05, 0) is 31.2 Å². The summed E-state index contributed by atoms with van der Waals surface area (Å²) in [5.74, 6) is -2.03. The van der Waals surface area contributed by atoms with Crippen LogP contribution in [0.3, 0.4) is 0 Å². The Labute approximate surface area is 181 Å². The molecular weight excluding hydrogens is 418 g/mol. The van der Waals surface area contributed by atoms with Gasteiger partial charge in [0.15, 0.2) is 0 Å². The molecule has 2 N–H and O–H groups in total. The number of carbonyl (C=O) groups excluding carboxylic acids is 3. The van der Waals surface area contributed by atoms with E-state index in [2.05, 4.69) is 10.1 Å². The Bertz CT molecular complexity index is 1280. The van der Waals surface area contributed by atoms with Gasteiger partial charge in [-0.25, -0.2) is 14.4 Å². The van der Waals surface area contributed by atoms with Crippen molar-refractivity contribution < 1.29 is 33.4 Å². The molecule has 1 aliphatic rings. The maximum absolute atomic E-state index is 12.8. The average molecular weight is 437 g/mol. The molecule has 4 rings (SSSR count). The van der Waals surface area contributed by atoms with Gasteiger partial charge in [-0.15, -0.1) is 0 Å². The second-order valence-corrected chi connectivity index (χ2v) is 7.16. The summed E-state index contributed by atoms with van der Waals surface area (Å²) < 4.78 is 11.5. The zero-order valence-corrected chi connectivity index (χ0v) is 17.2. The fourth-order valence-electron chi connectivity index (χ4n) is 3.49. The molecule has 1 saturated heterocycles. The molecule has 10 heteroatoms. The van der Waals surface area contributed by atoms with E-state index in [-0.39, 0.29) is 23.8 Å². The van der Waals surface area contributed by atoms with E-state index >= 15 is 0 Å². The summed E-state index contributed by atoms with van der Waals surface area (Å²) in [4.78, 5) is 49.2. The third-order valence-corrected chi connectivity index (χ3v) is 5.17. The van der Waals surface area contributed by atoms with Crippen molar-refractivity contribution in [3.63, 3.8) is 0 Å². The van der Waals surface area contributed by atoms with Crippen molar-refractivity contribution in [1.82, 2.24) is 14.8 Å². The summed E-state index contributed by atoms with van der Waals surface area (Å²) in [7, 11) is 1.22. The van der Waals surface area contributed by atoms with Crippen LogP contribution in [0.25, 0.3) is 17.0 Å². The van der Waals surface area contributed by atoms with E-state index in [1.165, 1.54) is 25.3 Å². The van der Waals surface area contributed by atoms with Crippen molar-refractivity contribution in [2.24, 2.45) is 0 Å². The lowest BCUT2D eigenvalue weighted by Crippen LogP contribution is -2.30. The summed E-state index contributed by atoms with van der Waals surface area (Å²) in [5.41, 5.74) is 1.32. The quantitative estimate of drug-likeness (QED) is 0.344. The SMILES string of the molecule is COC(=O)c1ccc(CN2C(=O)N/C(=C\c3cn([C@@H](C)C(=O)O)c4ccccc34)C2=O)o1. The van der Waals surface area contributed by atoms with Crippen LogP contribution < -0.4 is 5.32 Å². The number of hydrogen-bond donors (Lipinski definition) is 2. The van der Waals surface area contributed by atoms with Crippen LogP contribution in [0.5, 0.6) is 0 Å². The summed E-state index contributed by atoms with van der Waals surface area (Å²) in [5, 5.41) is 12.7. The number of aliphatic carboxylic acids is 1. The number of aromatic nitrogens is 1. The second-order valence-electron chi connectivity index (χ2n) is 7.16. The largest absolute Gasteiger partial charge is 0.480 e. The fraction of sp³-hybridized carbons (Fsp3) is 0.182. The molecule has 3 heterocycles. The number of carboxylic acids is 1. The van der Waals surface area contributed by atoms with E-state index in [1.54, 1.807) is 35.9 Å². The van der Waals surface area contributed by atoms with Crippen LogP contribution in [0.2, 0.25) is 0 Å². The first-order chi connectivity index (χ1) is 15.3. The van der Waals surface area contributed by atoms with Crippen molar-refractivity contribution in [1.29, 1.82) is 0 Å². The number of ether oxygens (including phenoxy) is 1. The molecule has 1 aliphatic heterocycles. The molecule has 1 atom stereocenters. The topological polar surface area (TPSA) is 131 Å². The van der Waals surface area contributed by atoms with Gasteiger partial charge in [0.1, 0.15) is 17.5 Å².